The summed E-state index contributed by atoms with van der Waals surface area (Å²) in [5.41, 5.74) is 5.63. The molecule has 0 aliphatic rings. The Morgan fingerprint density at radius 3 is 2.93 bits per heavy atom. The van der Waals surface area contributed by atoms with Gasteiger partial charge in [-0.1, -0.05) is 6.92 Å². The topological polar surface area (TPSA) is 96.4 Å². The number of carboxylic acids is 1. The summed E-state index contributed by atoms with van der Waals surface area (Å²) in [7, 11) is 0. The fraction of sp³-hybridized carbons (Fsp3) is 0.333. The predicted octanol–water partition coefficient (Wildman–Crippen LogP) is 0.835. The van der Waals surface area contributed by atoms with E-state index in [0.717, 1.165) is 0 Å². The van der Waals surface area contributed by atoms with Gasteiger partial charge in [-0.05, 0) is 6.07 Å². The highest BCUT2D eigenvalue weighted by Crippen LogP contribution is 2.23. The second-order valence-electron chi connectivity index (χ2n) is 3.03. The molecule has 4 N–H and O–H groups in total. The molecule has 1 heterocycles. The molecule has 0 fully saturated rings. The number of pyridine rings is 1. The van der Waals surface area contributed by atoms with Crippen LogP contribution in [0.5, 0.6) is 0 Å². The maximum atomic E-state index is 10.8. The number of aromatic nitrogens is 1. The van der Waals surface area contributed by atoms with Crippen molar-refractivity contribution in [1.82, 2.24) is 4.98 Å². The van der Waals surface area contributed by atoms with Crippen molar-refractivity contribution in [1.29, 1.82) is 0 Å². The van der Waals surface area contributed by atoms with E-state index in [2.05, 4.69) is 4.98 Å². The van der Waals surface area contributed by atoms with Gasteiger partial charge >= 0.3 is 5.97 Å². The Hall–Kier alpha value is -1.27. The summed E-state index contributed by atoms with van der Waals surface area (Å²) in [4.78, 5) is 14.7. The maximum Gasteiger partial charge on any atom is 0.337 e. The van der Waals surface area contributed by atoms with E-state index in [1.54, 1.807) is 0 Å². The molecule has 6 heteroatoms. The van der Waals surface area contributed by atoms with Gasteiger partial charge in [0.25, 0.3) is 0 Å². The number of nitrogen functional groups attached to an aromatic ring is 1. The molecule has 15 heavy (non-hydrogen) atoms. The number of anilines is 1. The molecular formula is C9H12N2O3S. The lowest BCUT2D eigenvalue weighted by atomic mass is 10.2. The average Bonchev–Trinajstić information content (AvgIpc) is 2.20. The molecule has 0 aliphatic heterocycles. The van der Waals surface area contributed by atoms with Gasteiger partial charge in [-0.15, -0.1) is 11.8 Å². The SMILES string of the molecule is CC(CO)Sc1cc(C(=O)O)c(N)cn1. The van der Waals surface area contributed by atoms with Crippen LogP contribution in [0.1, 0.15) is 17.3 Å². The Labute approximate surface area is 91.3 Å². The molecule has 1 aromatic rings. The standard InChI is InChI=1S/C9H12N2O3S/c1-5(4-12)15-8-2-6(9(13)14)7(10)3-11-8/h2-3,5,12H,4,10H2,1H3,(H,13,14). The minimum atomic E-state index is -1.08. The maximum absolute atomic E-state index is 10.8. The van der Waals surface area contributed by atoms with Crippen molar-refractivity contribution in [2.45, 2.75) is 17.2 Å². The van der Waals surface area contributed by atoms with E-state index in [1.165, 1.54) is 24.0 Å². The van der Waals surface area contributed by atoms with Gasteiger partial charge in [0, 0.05) is 5.25 Å². The molecule has 5 nitrogen and oxygen atoms in total. The first-order chi connectivity index (χ1) is 7.04. The van der Waals surface area contributed by atoms with E-state index in [1.807, 2.05) is 6.92 Å². The fourth-order valence-corrected chi connectivity index (χ4v) is 1.73. The number of hydrogen-bond donors (Lipinski definition) is 3. The average molecular weight is 228 g/mol. The van der Waals surface area contributed by atoms with Crippen LogP contribution in [0.4, 0.5) is 5.69 Å². The van der Waals surface area contributed by atoms with Gasteiger partial charge in [-0.25, -0.2) is 9.78 Å². The van der Waals surface area contributed by atoms with Crippen LogP contribution in [0.2, 0.25) is 0 Å². The van der Waals surface area contributed by atoms with Crippen LogP contribution in [-0.2, 0) is 0 Å². The van der Waals surface area contributed by atoms with Crippen molar-refractivity contribution in [3.05, 3.63) is 17.8 Å². The third-order valence-electron chi connectivity index (χ3n) is 1.72. The molecule has 1 rings (SSSR count). The number of hydrogen-bond acceptors (Lipinski definition) is 5. The van der Waals surface area contributed by atoms with E-state index in [9.17, 15) is 4.79 Å². The third kappa shape index (κ3) is 3.10. The van der Waals surface area contributed by atoms with Crippen molar-refractivity contribution in [3.8, 4) is 0 Å². The van der Waals surface area contributed by atoms with Gasteiger partial charge in [0.2, 0.25) is 0 Å². The van der Waals surface area contributed by atoms with Crippen molar-refractivity contribution >= 4 is 23.4 Å². The van der Waals surface area contributed by atoms with E-state index < -0.39 is 5.97 Å². The first kappa shape index (κ1) is 11.8. The van der Waals surface area contributed by atoms with Crippen LogP contribution in [-0.4, -0.2) is 33.0 Å². The second-order valence-corrected chi connectivity index (χ2v) is 4.48. The van der Waals surface area contributed by atoms with E-state index in [-0.39, 0.29) is 23.1 Å². The molecule has 0 spiro atoms. The molecule has 0 radical (unpaired) electrons. The number of thioether (sulfide) groups is 1. The zero-order chi connectivity index (χ0) is 11.4. The summed E-state index contributed by atoms with van der Waals surface area (Å²) in [6.45, 7) is 1.84. The lowest BCUT2D eigenvalue weighted by molar-refractivity contribution is 0.0697. The lowest BCUT2D eigenvalue weighted by Crippen LogP contribution is -2.06. The summed E-state index contributed by atoms with van der Waals surface area (Å²) in [5.74, 6) is -1.08. The Morgan fingerprint density at radius 2 is 2.40 bits per heavy atom. The Morgan fingerprint density at radius 1 is 1.73 bits per heavy atom. The van der Waals surface area contributed by atoms with Gasteiger partial charge in [-0.3, -0.25) is 0 Å². The summed E-state index contributed by atoms with van der Waals surface area (Å²) in [6.07, 6.45) is 1.32. The zero-order valence-corrected chi connectivity index (χ0v) is 8.99. The number of nitrogens with zero attached hydrogens (tertiary/aromatic N) is 1. The van der Waals surface area contributed by atoms with Crippen molar-refractivity contribution in [2.75, 3.05) is 12.3 Å². The molecule has 0 bridgehead atoms. The first-order valence-electron chi connectivity index (χ1n) is 4.31. The minimum Gasteiger partial charge on any atom is -0.478 e. The highest BCUT2D eigenvalue weighted by molar-refractivity contribution is 7.99. The molecular weight excluding hydrogens is 216 g/mol. The van der Waals surface area contributed by atoms with Crippen LogP contribution < -0.4 is 5.73 Å². The second kappa shape index (κ2) is 4.99. The van der Waals surface area contributed by atoms with Gasteiger partial charge < -0.3 is 15.9 Å². The number of aromatic carboxylic acids is 1. The van der Waals surface area contributed by atoms with Crippen LogP contribution in [0.3, 0.4) is 0 Å². The van der Waals surface area contributed by atoms with Crippen LogP contribution in [0.15, 0.2) is 17.3 Å². The summed E-state index contributed by atoms with van der Waals surface area (Å²) >= 11 is 1.30. The van der Waals surface area contributed by atoms with E-state index in [4.69, 9.17) is 15.9 Å². The lowest BCUT2D eigenvalue weighted by Gasteiger charge is -2.08. The van der Waals surface area contributed by atoms with Gasteiger partial charge in [0.05, 0.1) is 29.1 Å². The van der Waals surface area contributed by atoms with Crippen molar-refractivity contribution < 1.29 is 15.0 Å². The summed E-state index contributed by atoms with van der Waals surface area (Å²) in [5, 5.41) is 18.2. The molecule has 0 saturated heterocycles. The highest BCUT2D eigenvalue weighted by Gasteiger charge is 2.11. The molecule has 1 atom stereocenters. The molecule has 0 aliphatic carbocycles. The molecule has 1 unspecified atom stereocenters. The van der Waals surface area contributed by atoms with Crippen LogP contribution in [0, 0.1) is 0 Å². The number of nitrogens with two attached hydrogens (primary N) is 1. The third-order valence-corrected chi connectivity index (χ3v) is 2.74. The minimum absolute atomic E-state index is 0.0130. The van der Waals surface area contributed by atoms with Crippen LogP contribution >= 0.6 is 11.8 Å². The molecule has 1 aromatic heterocycles. The molecule has 82 valence electrons. The zero-order valence-electron chi connectivity index (χ0n) is 8.17. The molecule has 0 aromatic carbocycles. The number of rotatable bonds is 4. The Bertz CT molecular complexity index is 370. The predicted molar refractivity (Wildman–Crippen MR) is 58.0 cm³/mol. The normalized spacial score (nSPS) is 12.4. The Balaban J connectivity index is 2.92. The summed E-state index contributed by atoms with van der Waals surface area (Å²) in [6, 6.07) is 1.41. The Kier molecular flexibility index (Phi) is 3.93. The smallest absolute Gasteiger partial charge is 0.337 e. The quantitative estimate of drug-likeness (QED) is 0.661. The van der Waals surface area contributed by atoms with E-state index >= 15 is 0 Å². The van der Waals surface area contributed by atoms with Gasteiger partial charge in [-0.2, -0.15) is 0 Å². The summed E-state index contributed by atoms with van der Waals surface area (Å²) < 4.78 is 0. The highest BCUT2D eigenvalue weighted by atomic mass is 32.2. The number of aliphatic hydroxyl groups excluding tert-OH is 1. The van der Waals surface area contributed by atoms with E-state index in [0.29, 0.717) is 5.03 Å². The monoisotopic (exact) mass is 228 g/mol. The van der Waals surface area contributed by atoms with Crippen LogP contribution in [0.25, 0.3) is 0 Å². The molecule has 0 amide bonds. The van der Waals surface area contributed by atoms with Crippen molar-refractivity contribution in [2.24, 2.45) is 0 Å². The fourth-order valence-electron chi connectivity index (χ4n) is 0.940. The number of aliphatic hydroxyl groups is 1. The molecule has 0 saturated carbocycles. The van der Waals surface area contributed by atoms with Gasteiger partial charge in [0.1, 0.15) is 0 Å². The largest absolute Gasteiger partial charge is 0.478 e. The van der Waals surface area contributed by atoms with Crippen molar-refractivity contribution in [3.63, 3.8) is 0 Å². The first-order valence-corrected chi connectivity index (χ1v) is 5.19. The van der Waals surface area contributed by atoms with Gasteiger partial charge in [0.15, 0.2) is 0 Å². The number of carboxylic acid groups (broad SMARTS) is 1. The number of carbonyl (C=O) groups is 1.